The van der Waals surface area contributed by atoms with Crippen molar-refractivity contribution in [3.05, 3.63) is 30.3 Å². The summed E-state index contributed by atoms with van der Waals surface area (Å²) in [5.74, 6) is 0. The fourth-order valence-corrected chi connectivity index (χ4v) is 4.42. The molecule has 0 spiro atoms. The molecule has 23 heavy (non-hydrogen) atoms. The second-order valence-electron chi connectivity index (χ2n) is 6.59. The molecule has 1 aliphatic carbocycles. The zero-order valence-electron chi connectivity index (χ0n) is 13.7. The molecule has 2 aliphatic rings. The molecule has 0 N–H and O–H groups in total. The predicted octanol–water partition coefficient (Wildman–Crippen LogP) is 2.10. The van der Waals surface area contributed by atoms with Gasteiger partial charge >= 0.3 is 0 Å². The van der Waals surface area contributed by atoms with Gasteiger partial charge < -0.3 is 4.90 Å². The minimum Gasteiger partial charge on any atom is -0.369 e. The van der Waals surface area contributed by atoms with Crippen molar-refractivity contribution >= 4 is 15.8 Å². The van der Waals surface area contributed by atoms with Gasteiger partial charge in [-0.05, 0) is 37.8 Å². The fourth-order valence-electron chi connectivity index (χ4n) is 3.74. The van der Waals surface area contributed by atoms with Crippen LogP contribution in [0.1, 0.15) is 25.7 Å². The molecule has 1 aromatic carbocycles. The van der Waals surface area contributed by atoms with Crippen LogP contribution in [0.4, 0.5) is 5.69 Å². The van der Waals surface area contributed by atoms with E-state index in [9.17, 15) is 8.42 Å². The summed E-state index contributed by atoms with van der Waals surface area (Å²) >= 11 is 0. The third-order valence-electron chi connectivity index (χ3n) is 4.91. The molecule has 1 aliphatic heterocycles. The van der Waals surface area contributed by atoms with Crippen molar-refractivity contribution in [3.8, 4) is 0 Å². The molecule has 1 heterocycles. The highest BCUT2D eigenvalue weighted by Crippen LogP contribution is 2.27. The second-order valence-corrected chi connectivity index (χ2v) is 8.19. The topological polar surface area (TPSA) is 49.9 Å². The smallest absolute Gasteiger partial charge is 0.264 e. The SMILES string of the molecule is CS(=O)(=O)OC1CCC(N2CCN(c3ccccc3)CC2)CC1. The lowest BCUT2D eigenvalue weighted by molar-refractivity contribution is 0.0886. The highest BCUT2D eigenvalue weighted by atomic mass is 32.2. The Morgan fingerprint density at radius 3 is 2.13 bits per heavy atom. The van der Waals surface area contributed by atoms with Crippen LogP contribution in [0, 0.1) is 0 Å². The number of rotatable bonds is 4. The molecular formula is C17H26N2O3S. The Bertz CT molecular complexity index is 590. The number of anilines is 1. The quantitative estimate of drug-likeness (QED) is 0.787. The molecule has 1 saturated carbocycles. The van der Waals surface area contributed by atoms with Crippen molar-refractivity contribution in [2.45, 2.75) is 37.8 Å². The lowest BCUT2D eigenvalue weighted by Gasteiger charge is -2.42. The Morgan fingerprint density at radius 1 is 0.957 bits per heavy atom. The van der Waals surface area contributed by atoms with Crippen LogP contribution in [0.25, 0.3) is 0 Å². The van der Waals surface area contributed by atoms with Crippen molar-refractivity contribution < 1.29 is 12.6 Å². The number of piperazine rings is 1. The molecule has 0 atom stereocenters. The van der Waals surface area contributed by atoms with Gasteiger partial charge in [0.2, 0.25) is 0 Å². The first-order valence-corrected chi connectivity index (χ1v) is 10.3. The van der Waals surface area contributed by atoms with Crippen LogP contribution in [-0.4, -0.2) is 57.9 Å². The Balaban J connectivity index is 1.46. The third kappa shape index (κ3) is 4.68. The Hall–Kier alpha value is -1.11. The van der Waals surface area contributed by atoms with Crippen molar-refractivity contribution in [2.24, 2.45) is 0 Å². The van der Waals surface area contributed by atoms with Gasteiger partial charge in [0, 0.05) is 37.9 Å². The maximum Gasteiger partial charge on any atom is 0.264 e. The first-order chi connectivity index (χ1) is 11.0. The minimum absolute atomic E-state index is 0.119. The highest BCUT2D eigenvalue weighted by molar-refractivity contribution is 7.86. The summed E-state index contributed by atoms with van der Waals surface area (Å²) in [6, 6.07) is 11.1. The molecule has 0 bridgehead atoms. The maximum atomic E-state index is 11.2. The van der Waals surface area contributed by atoms with Gasteiger partial charge in [-0.15, -0.1) is 0 Å². The monoisotopic (exact) mass is 338 g/mol. The van der Waals surface area contributed by atoms with Crippen molar-refractivity contribution in [3.63, 3.8) is 0 Å². The summed E-state index contributed by atoms with van der Waals surface area (Å²) in [6.07, 6.45) is 4.78. The van der Waals surface area contributed by atoms with Crippen LogP contribution < -0.4 is 4.90 Å². The fraction of sp³-hybridized carbons (Fsp3) is 0.647. The van der Waals surface area contributed by atoms with Crippen LogP contribution in [0.5, 0.6) is 0 Å². The van der Waals surface area contributed by atoms with E-state index in [-0.39, 0.29) is 6.10 Å². The molecule has 1 aromatic rings. The third-order valence-corrected chi connectivity index (χ3v) is 5.53. The summed E-state index contributed by atoms with van der Waals surface area (Å²) in [4.78, 5) is 5.00. The Labute approximate surface area is 139 Å². The molecule has 1 saturated heterocycles. The standard InChI is InChI=1S/C17H26N2O3S/c1-23(20,21)22-17-9-7-16(8-10-17)19-13-11-18(12-14-19)15-5-3-2-4-6-15/h2-6,16-17H,7-14H2,1H3. The van der Waals surface area contributed by atoms with Crippen molar-refractivity contribution in [2.75, 3.05) is 37.3 Å². The molecular weight excluding hydrogens is 312 g/mol. The normalized spacial score (nSPS) is 27.1. The molecule has 6 heteroatoms. The largest absolute Gasteiger partial charge is 0.369 e. The summed E-state index contributed by atoms with van der Waals surface area (Å²) in [7, 11) is -3.32. The Morgan fingerprint density at radius 2 is 1.57 bits per heavy atom. The van der Waals surface area contributed by atoms with E-state index < -0.39 is 10.1 Å². The van der Waals surface area contributed by atoms with Gasteiger partial charge in [-0.1, -0.05) is 18.2 Å². The van der Waals surface area contributed by atoms with Gasteiger partial charge in [0.1, 0.15) is 0 Å². The highest BCUT2D eigenvalue weighted by Gasteiger charge is 2.29. The molecule has 0 aromatic heterocycles. The predicted molar refractivity (Wildman–Crippen MR) is 92.2 cm³/mol. The van der Waals surface area contributed by atoms with Crippen LogP contribution in [0.15, 0.2) is 30.3 Å². The summed E-state index contributed by atoms with van der Waals surface area (Å²) in [5, 5.41) is 0. The summed E-state index contributed by atoms with van der Waals surface area (Å²) in [5.41, 5.74) is 1.30. The van der Waals surface area contributed by atoms with Crippen LogP contribution in [0.2, 0.25) is 0 Å². The molecule has 0 unspecified atom stereocenters. The second kappa shape index (κ2) is 7.20. The van der Waals surface area contributed by atoms with Crippen LogP contribution >= 0.6 is 0 Å². The van der Waals surface area contributed by atoms with Gasteiger partial charge in [0.15, 0.2) is 0 Å². The van der Waals surface area contributed by atoms with E-state index in [2.05, 4.69) is 40.1 Å². The van der Waals surface area contributed by atoms with Crippen molar-refractivity contribution in [1.29, 1.82) is 0 Å². The lowest BCUT2D eigenvalue weighted by Crippen LogP contribution is -2.51. The molecule has 0 amide bonds. The van der Waals surface area contributed by atoms with E-state index in [0.717, 1.165) is 58.1 Å². The molecule has 3 rings (SSSR count). The first kappa shape index (κ1) is 16.7. The van der Waals surface area contributed by atoms with E-state index >= 15 is 0 Å². The number of hydrogen-bond donors (Lipinski definition) is 0. The van der Waals surface area contributed by atoms with Crippen LogP contribution in [-0.2, 0) is 14.3 Å². The number of nitrogens with zero attached hydrogens (tertiary/aromatic N) is 2. The summed E-state index contributed by atoms with van der Waals surface area (Å²) < 4.78 is 27.6. The van der Waals surface area contributed by atoms with Crippen LogP contribution in [0.3, 0.4) is 0 Å². The maximum absolute atomic E-state index is 11.2. The van der Waals surface area contributed by atoms with E-state index in [1.54, 1.807) is 0 Å². The van der Waals surface area contributed by atoms with E-state index in [1.807, 2.05) is 0 Å². The lowest BCUT2D eigenvalue weighted by atomic mass is 9.91. The van der Waals surface area contributed by atoms with E-state index in [4.69, 9.17) is 4.18 Å². The zero-order chi connectivity index (χ0) is 16.3. The van der Waals surface area contributed by atoms with Gasteiger partial charge in [-0.2, -0.15) is 8.42 Å². The van der Waals surface area contributed by atoms with Gasteiger partial charge in [0.05, 0.1) is 12.4 Å². The Kier molecular flexibility index (Phi) is 5.24. The first-order valence-electron chi connectivity index (χ1n) is 8.43. The van der Waals surface area contributed by atoms with Gasteiger partial charge in [-0.3, -0.25) is 9.08 Å². The number of para-hydroxylation sites is 1. The average Bonchev–Trinajstić information content (AvgIpc) is 2.55. The zero-order valence-corrected chi connectivity index (χ0v) is 14.5. The van der Waals surface area contributed by atoms with E-state index in [0.29, 0.717) is 6.04 Å². The molecule has 5 nitrogen and oxygen atoms in total. The minimum atomic E-state index is -3.32. The molecule has 128 valence electrons. The summed E-state index contributed by atoms with van der Waals surface area (Å²) in [6.45, 7) is 4.28. The van der Waals surface area contributed by atoms with Gasteiger partial charge in [0.25, 0.3) is 10.1 Å². The van der Waals surface area contributed by atoms with Crippen molar-refractivity contribution in [1.82, 2.24) is 4.90 Å². The molecule has 0 radical (unpaired) electrons. The molecule has 2 fully saturated rings. The average molecular weight is 338 g/mol. The van der Waals surface area contributed by atoms with Gasteiger partial charge in [-0.25, -0.2) is 0 Å². The number of hydrogen-bond acceptors (Lipinski definition) is 5. The van der Waals surface area contributed by atoms with E-state index in [1.165, 1.54) is 5.69 Å². The number of benzene rings is 1.